The summed E-state index contributed by atoms with van der Waals surface area (Å²) < 4.78 is 9.95. The number of carbonyl (C=O) groups is 2. The van der Waals surface area contributed by atoms with Gasteiger partial charge in [0.25, 0.3) is 5.91 Å². The lowest BCUT2D eigenvalue weighted by molar-refractivity contribution is -0.139. The standard InChI is InChI=1S/C15H16N2O4S2/c1-3-21-13(18)9-23-15(22)12(8-16)14(19)17-10-4-6-11(20-2)7-5-10/h4-7,22H,3,9H2,1-2H3,(H,17,19)/b15-12+. The largest absolute Gasteiger partial charge is 0.497 e. The van der Waals surface area contributed by atoms with Gasteiger partial charge >= 0.3 is 5.97 Å². The Morgan fingerprint density at radius 2 is 2.00 bits per heavy atom. The van der Waals surface area contributed by atoms with Gasteiger partial charge in [0.05, 0.1) is 23.7 Å². The fourth-order valence-corrected chi connectivity index (χ4v) is 2.43. The molecule has 6 nitrogen and oxygen atoms in total. The molecule has 0 unspecified atom stereocenters. The number of thioether (sulfide) groups is 1. The second kappa shape index (κ2) is 9.82. The summed E-state index contributed by atoms with van der Waals surface area (Å²) in [7, 11) is 1.54. The monoisotopic (exact) mass is 352 g/mol. The molecular weight excluding hydrogens is 336 g/mol. The number of anilines is 1. The maximum Gasteiger partial charge on any atom is 0.316 e. The van der Waals surface area contributed by atoms with Crippen molar-refractivity contribution in [1.82, 2.24) is 0 Å². The Kier molecular flexibility index (Phi) is 8.08. The molecule has 1 aromatic rings. The zero-order valence-corrected chi connectivity index (χ0v) is 14.4. The van der Waals surface area contributed by atoms with Crippen LogP contribution in [0.3, 0.4) is 0 Å². The molecule has 0 spiro atoms. The minimum Gasteiger partial charge on any atom is -0.497 e. The molecule has 0 saturated carbocycles. The first-order chi connectivity index (χ1) is 11.0. The van der Waals surface area contributed by atoms with Gasteiger partial charge in [-0.1, -0.05) is 0 Å². The SMILES string of the molecule is CCOC(=O)CS/C(S)=C(\C#N)C(=O)Nc1ccc(OC)cc1. The zero-order valence-electron chi connectivity index (χ0n) is 12.7. The Labute approximate surface area is 144 Å². The number of ether oxygens (including phenoxy) is 2. The molecular formula is C15H16N2O4S2. The second-order valence-corrected chi connectivity index (χ2v) is 5.80. The van der Waals surface area contributed by atoms with Crippen molar-refractivity contribution in [2.45, 2.75) is 6.92 Å². The summed E-state index contributed by atoms with van der Waals surface area (Å²) >= 11 is 5.08. The number of nitriles is 1. The van der Waals surface area contributed by atoms with Gasteiger partial charge in [-0.25, -0.2) is 0 Å². The van der Waals surface area contributed by atoms with Gasteiger partial charge < -0.3 is 14.8 Å². The lowest BCUT2D eigenvalue weighted by Gasteiger charge is -2.07. The second-order valence-electron chi connectivity index (χ2n) is 4.07. The van der Waals surface area contributed by atoms with Crippen LogP contribution in [0.5, 0.6) is 5.75 Å². The van der Waals surface area contributed by atoms with E-state index in [9.17, 15) is 9.59 Å². The molecule has 1 N–H and O–H groups in total. The van der Waals surface area contributed by atoms with Gasteiger partial charge in [0.2, 0.25) is 0 Å². The number of hydrogen-bond acceptors (Lipinski definition) is 7. The van der Waals surface area contributed by atoms with E-state index in [4.69, 9.17) is 14.7 Å². The van der Waals surface area contributed by atoms with E-state index in [1.165, 1.54) is 7.11 Å². The summed E-state index contributed by atoms with van der Waals surface area (Å²) in [4.78, 5) is 23.4. The third kappa shape index (κ3) is 6.26. The van der Waals surface area contributed by atoms with Crippen LogP contribution in [0.4, 0.5) is 5.69 Å². The van der Waals surface area contributed by atoms with Gasteiger partial charge in [-0.2, -0.15) is 5.26 Å². The van der Waals surface area contributed by atoms with Crippen LogP contribution >= 0.6 is 24.4 Å². The molecule has 0 fully saturated rings. The molecule has 0 atom stereocenters. The summed E-state index contributed by atoms with van der Waals surface area (Å²) in [6.45, 7) is 1.97. The van der Waals surface area contributed by atoms with E-state index < -0.39 is 11.9 Å². The lowest BCUT2D eigenvalue weighted by Crippen LogP contribution is -2.14. The number of methoxy groups -OCH3 is 1. The Hall–Kier alpha value is -2.11. The number of benzene rings is 1. The van der Waals surface area contributed by atoms with Crippen LogP contribution in [0.15, 0.2) is 34.1 Å². The van der Waals surface area contributed by atoms with Crippen LogP contribution in [0.1, 0.15) is 6.92 Å². The van der Waals surface area contributed by atoms with Crippen molar-refractivity contribution < 1.29 is 19.1 Å². The average molecular weight is 352 g/mol. The molecule has 0 saturated heterocycles. The van der Waals surface area contributed by atoms with Gasteiger partial charge in [-0.3, -0.25) is 9.59 Å². The summed E-state index contributed by atoms with van der Waals surface area (Å²) in [5, 5.41) is 11.7. The van der Waals surface area contributed by atoms with Gasteiger partial charge in [0.15, 0.2) is 0 Å². The highest BCUT2D eigenvalue weighted by Crippen LogP contribution is 2.25. The number of thiol groups is 1. The van der Waals surface area contributed by atoms with Crippen molar-refractivity contribution >= 4 is 42.0 Å². The number of amides is 1. The van der Waals surface area contributed by atoms with Crippen molar-refractivity contribution in [2.24, 2.45) is 0 Å². The van der Waals surface area contributed by atoms with E-state index in [0.717, 1.165) is 11.8 Å². The first kappa shape index (κ1) is 18.9. The van der Waals surface area contributed by atoms with E-state index in [1.807, 2.05) is 0 Å². The van der Waals surface area contributed by atoms with E-state index in [0.29, 0.717) is 11.4 Å². The van der Waals surface area contributed by atoms with Gasteiger partial charge in [0, 0.05) is 5.69 Å². The summed E-state index contributed by atoms with van der Waals surface area (Å²) in [5.41, 5.74) is 0.346. The van der Waals surface area contributed by atoms with Crippen LogP contribution in [-0.2, 0) is 14.3 Å². The van der Waals surface area contributed by atoms with E-state index >= 15 is 0 Å². The highest BCUT2D eigenvalue weighted by atomic mass is 32.2. The Bertz CT molecular complexity index is 636. The van der Waals surface area contributed by atoms with Crippen LogP contribution in [0.2, 0.25) is 0 Å². The summed E-state index contributed by atoms with van der Waals surface area (Å²) in [5.74, 6) is -0.400. The predicted molar refractivity (Wildman–Crippen MR) is 92.3 cm³/mol. The molecule has 0 radical (unpaired) electrons. The molecule has 1 aromatic carbocycles. The van der Waals surface area contributed by atoms with Crippen LogP contribution in [-0.4, -0.2) is 31.3 Å². The number of esters is 1. The van der Waals surface area contributed by atoms with Crippen molar-refractivity contribution in [3.8, 4) is 11.8 Å². The molecule has 0 heterocycles. The fourth-order valence-electron chi connectivity index (χ4n) is 1.47. The maximum atomic E-state index is 12.1. The molecule has 1 rings (SSSR count). The minimum absolute atomic E-state index is 0.0202. The van der Waals surface area contributed by atoms with Crippen molar-refractivity contribution in [3.05, 3.63) is 34.1 Å². The molecule has 0 aliphatic carbocycles. The first-order valence-corrected chi connectivity index (χ1v) is 8.02. The topological polar surface area (TPSA) is 88.4 Å². The number of hydrogen-bond donors (Lipinski definition) is 2. The van der Waals surface area contributed by atoms with Crippen molar-refractivity contribution in [1.29, 1.82) is 5.26 Å². The highest BCUT2D eigenvalue weighted by molar-refractivity contribution is 8.16. The number of nitrogens with zero attached hydrogens (tertiary/aromatic N) is 1. The molecule has 23 heavy (non-hydrogen) atoms. The smallest absolute Gasteiger partial charge is 0.316 e. The number of carbonyl (C=O) groups excluding carboxylic acids is 2. The molecule has 0 bridgehead atoms. The molecule has 0 aliphatic rings. The van der Waals surface area contributed by atoms with Crippen LogP contribution < -0.4 is 10.1 Å². The Morgan fingerprint density at radius 3 is 2.52 bits per heavy atom. The summed E-state index contributed by atoms with van der Waals surface area (Å²) in [6, 6.07) is 8.46. The molecule has 1 amide bonds. The van der Waals surface area contributed by atoms with Gasteiger partial charge in [-0.05, 0) is 31.2 Å². The lowest BCUT2D eigenvalue weighted by atomic mass is 10.2. The summed E-state index contributed by atoms with van der Waals surface area (Å²) in [6.07, 6.45) is 0. The average Bonchev–Trinajstić information content (AvgIpc) is 2.54. The third-order valence-corrected chi connectivity index (χ3v) is 4.00. The number of nitrogens with one attached hydrogen (secondary N) is 1. The quantitative estimate of drug-likeness (QED) is 0.339. The maximum absolute atomic E-state index is 12.1. The zero-order chi connectivity index (χ0) is 17.2. The van der Waals surface area contributed by atoms with Gasteiger partial charge in [0.1, 0.15) is 17.4 Å². The predicted octanol–water partition coefficient (Wildman–Crippen LogP) is 2.59. The molecule has 8 heteroatoms. The van der Waals surface area contributed by atoms with E-state index in [1.54, 1.807) is 37.3 Å². The van der Waals surface area contributed by atoms with Crippen LogP contribution in [0.25, 0.3) is 0 Å². The van der Waals surface area contributed by atoms with E-state index in [-0.39, 0.29) is 22.2 Å². The van der Waals surface area contributed by atoms with Crippen molar-refractivity contribution in [2.75, 3.05) is 24.8 Å². The fraction of sp³-hybridized carbons (Fsp3) is 0.267. The minimum atomic E-state index is -0.598. The Morgan fingerprint density at radius 1 is 1.35 bits per heavy atom. The normalized spacial score (nSPS) is 11.0. The van der Waals surface area contributed by atoms with E-state index in [2.05, 4.69) is 17.9 Å². The molecule has 0 aliphatic heterocycles. The highest BCUT2D eigenvalue weighted by Gasteiger charge is 2.15. The Balaban J connectivity index is 2.74. The first-order valence-electron chi connectivity index (χ1n) is 6.59. The molecule has 122 valence electrons. The third-order valence-electron chi connectivity index (χ3n) is 2.53. The number of rotatable bonds is 7. The van der Waals surface area contributed by atoms with Crippen molar-refractivity contribution in [3.63, 3.8) is 0 Å². The van der Waals surface area contributed by atoms with Gasteiger partial charge in [-0.15, -0.1) is 24.4 Å². The molecule has 0 aromatic heterocycles. The van der Waals surface area contributed by atoms with Crippen LogP contribution in [0, 0.1) is 11.3 Å².